The maximum absolute atomic E-state index is 12.4. The molecule has 0 bridgehead atoms. The van der Waals surface area contributed by atoms with Crippen LogP contribution in [0.2, 0.25) is 0 Å². The summed E-state index contributed by atoms with van der Waals surface area (Å²) in [5.41, 5.74) is 0.928. The molecule has 0 spiro atoms. The van der Waals surface area contributed by atoms with Crippen molar-refractivity contribution < 1.29 is 17.9 Å². The highest BCUT2D eigenvalue weighted by atomic mass is 32.2. The van der Waals surface area contributed by atoms with E-state index in [1.807, 2.05) is 5.38 Å². The zero-order valence-electron chi connectivity index (χ0n) is 13.6. The molecule has 24 heavy (non-hydrogen) atoms. The van der Waals surface area contributed by atoms with Gasteiger partial charge in [-0.15, -0.1) is 11.3 Å². The van der Waals surface area contributed by atoms with Crippen LogP contribution in [0.25, 0.3) is 0 Å². The quantitative estimate of drug-likeness (QED) is 0.771. The number of rotatable bonds is 6. The molecule has 1 aromatic carbocycles. The molecule has 2 aromatic rings. The molecule has 0 unspecified atom stereocenters. The predicted molar refractivity (Wildman–Crippen MR) is 91.4 cm³/mol. The highest BCUT2D eigenvalue weighted by Gasteiger charge is 2.17. The predicted octanol–water partition coefficient (Wildman–Crippen LogP) is 1.06. The Morgan fingerprint density at radius 1 is 1.42 bits per heavy atom. The van der Waals surface area contributed by atoms with Crippen LogP contribution < -0.4 is 9.52 Å². The first-order valence-electron chi connectivity index (χ1n) is 7.13. The fraction of sp³-hybridized carbons (Fsp3) is 0.333. The Hall–Kier alpha value is -1.81. The molecule has 0 saturated heterocycles. The van der Waals surface area contributed by atoms with Crippen LogP contribution in [0.5, 0.6) is 0 Å². The van der Waals surface area contributed by atoms with E-state index in [-0.39, 0.29) is 23.6 Å². The first-order valence-corrected chi connectivity index (χ1v) is 9.50. The van der Waals surface area contributed by atoms with E-state index >= 15 is 0 Å². The maximum atomic E-state index is 12.4. The molecule has 0 aliphatic carbocycles. The SMILES string of the molecule is COCCNS(=O)(=O)c1ccc(C)c(C(=O)N=c2sccn2C)c1. The van der Waals surface area contributed by atoms with Crippen LogP contribution in [0.1, 0.15) is 15.9 Å². The van der Waals surface area contributed by atoms with Gasteiger partial charge in [0, 0.05) is 37.8 Å². The molecule has 1 amide bonds. The van der Waals surface area contributed by atoms with Gasteiger partial charge in [-0.25, -0.2) is 13.1 Å². The lowest BCUT2D eigenvalue weighted by Crippen LogP contribution is -2.27. The number of carbonyl (C=O) groups is 1. The Bertz CT molecular complexity index is 897. The normalized spacial score (nSPS) is 12.5. The molecule has 7 nitrogen and oxygen atoms in total. The Kier molecular flexibility index (Phi) is 6.05. The molecule has 130 valence electrons. The number of thiazole rings is 1. The molecule has 2 rings (SSSR count). The molecule has 0 aliphatic rings. The van der Waals surface area contributed by atoms with Gasteiger partial charge in [-0.05, 0) is 24.6 Å². The molecule has 0 radical (unpaired) electrons. The number of carbonyl (C=O) groups excluding carboxylic acids is 1. The first kappa shape index (κ1) is 18.5. The average molecular weight is 369 g/mol. The highest BCUT2D eigenvalue weighted by Crippen LogP contribution is 2.16. The van der Waals surface area contributed by atoms with Gasteiger partial charge in [0.2, 0.25) is 10.0 Å². The zero-order chi connectivity index (χ0) is 17.7. The lowest BCUT2D eigenvalue weighted by atomic mass is 10.1. The van der Waals surface area contributed by atoms with Crippen LogP contribution in [0.15, 0.2) is 39.7 Å². The highest BCUT2D eigenvalue weighted by molar-refractivity contribution is 7.89. The van der Waals surface area contributed by atoms with E-state index < -0.39 is 15.9 Å². The summed E-state index contributed by atoms with van der Waals surface area (Å²) >= 11 is 1.33. The minimum atomic E-state index is -3.70. The number of ether oxygens (including phenoxy) is 1. The standard InChI is InChI=1S/C15H19N3O4S2/c1-11-4-5-12(24(20,21)16-6-8-22-3)10-13(11)14(19)17-15-18(2)7-9-23-15/h4-5,7,9-10,16H,6,8H2,1-3H3. The van der Waals surface area contributed by atoms with Crippen molar-refractivity contribution in [1.29, 1.82) is 0 Å². The lowest BCUT2D eigenvalue weighted by molar-refractivity contribution is 0.0997. The van der Waals surface area contributed by atoms with E-state index in [1.54, 1.807) is 30.8 Å². The molecule has 1 heterocycles. The van der Waals surface area contributed by atoms with Gasteiger partial charge < -0.3 is 9.30 Å². The molecule has 0 saturated carbocycles. The first-order chi connectivity index (χ1) is 11.3. The summed E-state index contributed by atoms with van der Waals surface area (Å²) < 4.78 is 33.5. The van der Waals surface area contributed by atoms with Crippen molar-refractivity contribution in [2.75, 3.05) is 20.3 Å². The number of hydrogen-bond donors (Lipinski definition) is 1. The monoisotopic (exact) mass is 369 g/mol. The van der Waals surface area contributed by atoms with E-state index in [4.69, 9.17) is 4.74 Å². The number of nitrogens with zero attached hydrogens (tertiary/aromatic N) is 2. The van der Waals surface area contributed by atoms with Crippen molar-refractivity contribution in [2.24, 2.45) is 12.0 Å². The summed E-state index contributed by atoms with van der Waals surface area (Å²) in [5, 5.41) is 1.82. The Morgan fingerprint density at radius 3 is 2.79 bits per heavy atom. The van der Waals surface area contributed by atoms with Gasteiger partial charge in [-0.3, -0.25) is 4.79 Å². The number of amides is 1. The van der Waals surface area contributed by atoms with Gasteiger partial charge in [0.05, 0.1) is 11.5 Å². The molecule has 1 N–H and O–H groups in total. The third kappa shape index (κ3) is 4.38. The van der Waals surface area contributed by atoms with E-state index in [2.05, 4.69) is 9.71 Å². The summed E-state index contributed by atoms with van der Waals surface area (Å²) in [6, 6.07) is 4.42. The number of benzene rings is 1. The number of aromatic nitrogens is 1. The minimum Gasteiger partial charge on any atom is -0.383 e. The fourth-order valence-electron chi connectivity index (χ4n) is 1.94. The van der Waals surface area contributed by atoms with Crippen molar-refractivity contribution in [3.8, 4) is 0 Å². The number of nitrogens with one attached hydrogen (secondary N) is 1. The summed E-state index contributed by atoms with van der Waals surface area (Å²) in [5.74, 6) is -0.473. The third-order valence-electron chi connectivity index (χ3n) is 3.30. The molecule has 0 fully saturated rings. The van der Waals surface area contributed by atoms with Gasteiger partial charge in [0.15, 0.2) is 4.80 Å². The van der Waals surface area contributed by atoms with Gasteiger partial charge in [-0.2, -0.15) is 4.99 Å². The molecule has 0 atom stereocenters. The van der Waals surface area contributed by atoms with Crippen molar-refractivity contribution in [2.45, 2.75) is 11.8 Å². The van der Waals surface area contributed by atoms with Crippen LogP contribution in [0.4, 0.5) is 0 Å². The van der Waals surface area contributed by atoms with Gasteiger partial charge in [-0.1, -0.05) is 6.07 Å². The second-order valence-electron chi connectivity index (χ2n) is 5.08. The summed E-state index contributed by atoms with van der Waals surface area (Å²) in [7, 11) is -0.425. The number of sulfonamides is 1. The lowest BCUT2D eigenvalue weighted by Gasteiger charge is -2.08. The number of methoxy groups -OCH3 is 1. The fourth-order valence-corrected chi connectivity index (χ4v) is 3.71. The molecule has 9 heteroatoms. The maximum Gasteiger partial charge on any atom is 0.279 e. The largest absolute Gasteiger partial charge is 0.383 e. The van der Waals surface area contributed by atoms with Gasteiger partial charge in [0.25, 0.3) is 5.91 Å². The van der Waals surface area contributed by atoms with Crippen LogP contribution in [-0.4, -0.2) is 39.2 Å². The van der Waals surface area contributed by atoms with Crippen LogP contribution in [0, 0.1) is 6.92 Å². The molecular weight excluding hydrogens is 350 g/mol. The van der Waals surface area contributed by atoms with Gasteiger partial charge in [0.1, 0.15) is 0 Å². The Balaban J connectivity index is 2.36. The third-order valence-corrected chi connectivity index (χ3v) is 5.61. The van der Waals surface area contributed by atoms with Crippen molar-refractivity contribution in [3.63, 3.8) is 0 Å². The van der Waals surface area contributed by atoms with Crippen LogP contribution in [0.3, 0.4) is 0 Å². The average Bonchev–Trinajstić information content (AvgIpc) is 2.92. The molecule has 0 aliphatic heterocycles. The van der Waals surface area contributed by atoms with Crippen molar-refractivity contribution >= 4 is 27.3 Å². The summed E-state index contributed by atoms with van der Waals surface area (Å²) in [6.45, 7) is 2.17. The van der Waals surface area contributed by atoms with E-state index in [9.17, 15) is 13.2 Å². The van der Waals surface area contributed by atoms with Crippen LogP contribution in [-0.2, 0) is 21.8 Å². The number of hydrogen-bond acceptors (Lipinski definition) is 5. The van der Waals surface area contributed by atoms with E-state index in [0.29, 0.717) is 10.4 Å². The number of aryl methyl sites for hydroxylation is 2. The summed E-state index contributed by atoms with van der Waals surface area (Å²) in [6.07, 6.45) is 1.80. The van der Waals surface area contributed by atoms with E-state index in [1.165, 1.54) is 30.6 Å². The van der Waals surface area contributed by atoms with Crippen molar-refractivity contribution in [1.82, 2.24) is 9.29 Å². The second-order valence-corrected chi connectivity index (χ2v) is 7.72. The Morgan fingerprint density at radius 2 is 2.17 bits per heavy atom. The Labute approximate surface area is 144 Å². The van der Waals surface area contributed by atoms with Crippen LogP contribution >= 0.6 is 11.3 Å². The van der Waals surface area contributed by atoms with Gasteiger partial charge >= 0.3 is 0 Å². The zero-order valence-corrected chi connectivity index (χ0v) is 15.3. The van der Waals surface area contributed by atoms with E-state index in [0.717, 1.165) is 0 Å². The second kappa shape index (κ2) is 7.84. The smallest absolute Gasteiger partial charge is 0.279 e. The topological polar surface area (TPSA) is 89.8 Å². The summed E-state index contributed by atoms with van der Waals surface area (Å²) in [4.78, 5) is 17.0. The molecular formula is C15H19N3O4S2. The van der Waals surface area contributed by atoms with Crippen molar-refractivity contribution in [3.05, 3.63) is 45.7 Å². The molecule has 1 aromatic heterocycles. The minimum absolute atomic E-state index is 0.0262.